The van der Waals surface area contributed by atoms with Crippen LogP contribution in [0.25, 0.3) is 0 Å². The second-order valence-corrected chi connectivity index (χ2v) is 7.29. The van der Waals surface area contributed by atoms with E-state index in [0.29, 0.717) is 5.92 Å². The fraction of sp³-hybridized carbons (Fsp3) is 0.812. The van der Waals surface area contributed by atoms with Crippen LogP contribution in [-0.4, -0.2) is 46.2 Å². The quantitative estimate of drug-likeness (QED) is 0.814. The number of nitrogens with zero attached hydrogens (tertiary/aromatic N) is 1. The smallest absolute Gasteiger partial charge is 0.413 e. The van der Waals surface area contributed by atoms with E-state index < -0.39 is 29.6 Å². The molecule has 0 spiro atoms. The number of hydrogen-bond donors (Lipinski definition) is 1. The lowest BCUT2D eigenvalue weighted by Crippen LogP contribution is -2.53. The minimum absolute atomic E-state index is 0.288. The van der Waals surface area contributed by atoms with Crippen LogP contribution >= 0.6 is 0 Å². The summed E-state index contributed by atoms with van der Waals surface area (Å²) in [4.78, 5) is 13.9. The Kier molecular flexibility index (Phi) is 5.45. The van der Waals surface area contributed by atoms with Crippen LogP contribution in [0.5, 0.6) is 0 Å². The van der Waals surface area contributed by atoms with Crippen molar-refractivity contribution < 1.29 is 19.4 Å². The molecule has 5 heteroatoms. The Labute approximate surface area is 127 Å². The molecule has 0 radical (unpaired) electrons. The van der Waals surface area contributed by atoms with Crippen LogP contribution in [0.1, 0.15) is 48.5 Å². The van der Waals surface area contributed by atoms with Gasteiger partial charge in [0.15, 0.2) is 0 Å². The third kappa shape index (κ3) is 5.00. The van der Waals surface area contributed by atoms with E-state index in [-0.39, 0.29) is 6.61 Å². The van der Waals surface area contributed by atoms with E-state index in [2.05, 4.69) is 0 Å². The fourth-order valence-electron chi connectivity index (χ4n) is 2.21. The molecule has 1 fully saturated rings. The van der Waals surface area contributed by atoms with Gasteiger partial charge in [0.2, 0.25) is 0 Å². The predicted octanol–water partition coefficient (Wildman–Crippen LogP) is 2.93. The number of carbonyl (C=O) groups excluding carboxylic acids is 1. The number of ether oxygens (including phenoxy) is 2. The molecule has 1 aliphatic rings. The number of aliphatic hydroxyl groups excluding tert-OH is 1. The van der Waals surface area contributed by atoms with Gasteiger partial charge in [-0.1, -0.05) is 26.0 Å². The van der Waals surface area contributed by atoms with E-state index in [4.69, 9.17) is 9.47 Å². The van der Waals surface area contributed by atoms with Crippen LogP contribution in [-0.2, 0) is 9.47 Å². The molecule has 21 heavy (non-hydrogen) atoms. The zero-order valence-corrected chi connectivity index (χ0v) is 14.2. The molecule has 1 rings (SSSR count). The summed E-state index contributed by atoms with van der Waals surface area (Å²) in [6.45, 7) is 13.4. The number of amides is 1. The lowest BCUT2D eigenvalue weighted by Gasteiger charge is -2.36. The Balaban J connectivity index is 2.91. The van der Waals surface area contributed by atoms with Crippen LogP contribution in [0.4, 0.5) is 4.79 Å². The molecular weight excluding hydrogens is 270 g/mol. The predicted molar refractivity (Wildman–Crippen MR) is 81.9 cm³/mol. The van der Waals surface area contributed by atoms with E-state index in [9.17, 15) is 9.90 Å². The summed E-state index contributed by atoms with van der Waals surface area (Å²) >= 11 is 0. The number of rotatable bonds is 3. The summed E-state index contributed by atoms with van der Waals surface area (Å²) in [5.41, 5.74) is -1.38. The largest absolute Gasteiger partial charge is 0.444 e. The first-order valence-electron chi connectivity index (χ1n) is 7.47. The summed E-state index contributed by atoms with van der Waals surface area (Å²) in [6, 6.07) is -0.440. The molecule has 0 bridgehead atoms. The molecule has 1 aliphatic heterocycles. The van der Waals surface area contributed by atoms with Gasteiger partial charge in [0.1, 0.15) is 11.3 Å². The van der Waals surface area contributed by atoms with Crippen molar-refractivity contribution in [2.75, 3.05) is 6.61 Å². The molecule has 2 atom stereocenters. The van der Waals surface area contributed by atoms with Crippen LogP contribution in [0.3, 0.4) is 0 Å². The Morgan fingerprint density at radius 2 is 1.95 bits per heavy atom. The van der Waals surface area contributed by atoms with Gasteiger partial charge in [-0.05, 0) is 40.5 Å². The third-order valence-corrected chi connectivity index (χ3v) is 3.20. The number of carbonyl (C=O) groups is 1. The van der Waals surface area contributed by atoms with Crippen molar-refractivity contribution >= 4 is 6.09 Å². The molecule has 1 saturated heterocycles. The van der Waals surface area contributed by atoms with Gasteiger partial charge in [-0.15, -0.1) is 0 Å². The minimum atomic E-state index is -0.792. The maximum atomic E-state index is 12.4. The van der Waals surface area contributed by atoms with Crippen LogP contribution in [0.2, 0.25) is 0 Å². The van der Waals surface area contributed by atoms with Gasteiger partial charge in [0.05, 0.1) is 18.8 Å². The Morgan fingerprint density at radius 1 is 1.38 bits per heavy atom. The van der Waals surface area contributed by atoms with Crippen molar-refractivity contribution in [3.8, 4) is 0 Å². The van der Waals surface area contributed by atoms with Crippen LogP contribution in [0.15, 0.2) is 12.2 Å². The number of aliphatic hydroxyl groups is 1. The summed E-state index contributed by atoms with van der Waals surface area (Å²) in [7, 11) is 0. The average Bonchev–Trinajstić information content (AvgIpc) is 2.59. The fourth-order valence-corrected chi connectivity index (χ4v) is 2.21. The van der Waals surface area contributed by atoms with Gasteiger partial charge in [0.25, 0.3) is 0 Å². The molecule has 1 heterocycles. The highest BCUT2D eigenvalue weighted by Crippen LogP contribution is 2.31. The monoisotopic (exact) mass is 299 g/mol. The van der Waals surface area contributed by atoms with Gasteiger partial charge < -0.3 is 14.6 Å². The molecule has 122 valence electrons. The normalized spacial score (nSPS) is 23.9. The van der Waals surface area contributed by atoms with E-state index in [0.717, 1.165) is 0 Å². The van der Waals surface area contributed by atoms with E-state index >= 15 is 0 Å². The average molecular weight is 299 g/mol. The Morgan fingerprint density at radius 3 is 2.43 bits per heavy atom. The van der Waals surface area contributed by atoms with E-state index in [1.54, 1.807) is 19.9 Å². The Hall–Kier alpha value is -1.07. The SMILES string of the molecule is CC(C)/C=C/[C@H](O)C1COC(C)(C)N1C(=O)OC(C)(C)C. The minimum Gasteiger partial charge on any atom is -0.444 e. The summed E-state index contributed by atoms with van der Waals surface area (Å²) in [6.07, 6.45) is 2.40. The van der Waals surface area contributed by atoms with Gasteiger partial charge in [-0.3, -0.25) is 4.90 Å². The van der Waals surface area contributed by atoms with Gasteiger partial charge in [-0.25, -0.2) is 4.79 Å². The lowest BCUT2D eigenvalue weighted by atomic mass is 10.1. The number of hydrogen-bond acceptors (Lipinski definition) is 4. The highest BCUT2D eigenvalue weighted by atomic mass is 16.6. The molecule has 0 aliphatic carbocycles. The van der Waals surface area contributed by atoms with Crippen molar-refractivity contribution in [3.05, 3.63) is 12.2 Å². The second-order valence-electron chi connectivity index (χ2n) is 7.29. The second kappa shape index (κ2) is 6.36. The third-order valence-electron chi connectivity index (χ3n) is 3.20. The van der Waals surface area contributed by atoms with Crippen LogP contribution in [0, 0.1) is 5.92 Å². The lowest BCUT2D eigenvalue weighted by molar-refractivity contribution is -0.0661. The standard InChI is InChI=1S/C16H29NO4/c1-11(2)8-9-13(18)12-10-20-16(6,7)17(12)14(19)21-15(3,4)5/h8-9,11-13,18H,10H2,1-7H3/b9-8+/t12?,13-/m0/s1. The van der Waals surface area contributed by atoms with Gasteiger partial charge in [-0.2, -0.15) is 0 Å². The van der Waals surface area contributed by atoms with Crippen molar-refractivity contribution in [2.45, 2.75) is 71.9 Å². The van der Waals surface area contributed by atoms with E-state index in [1.165, 1.54) is 4.90 Å². The number of allylic oxidation sites excluding steroid dienone is 1. The molecule has 0 saturated carbocycles. The molecule has 0 aromatic carbocycles. The molecule has 1 amide bonds. The summed E-state index contributed by atoms with van der Waals surface area (Å²) in [5.74, 6) is 0.338. The Bertz CT molecular complexity index is 396. The molecule has 1 unspecified atom stereocenters. The first-order chi connectivity index (χ1) is 9.44. The van der Waals surface area contributed by atoms with Gasteiger partial charge in [0, 0.05) is 0 Å². The molecule has 0 aromatic rings. The van der Waals surface area contributed by atoms with Crippen molar-refractivity contribution in [3.63, 3.8) is 0 Å². The zero-order chi connectivity index (χ0) is 16.4. The topological polar surface area (TPSA) is 59.0 Å². The molecular formula is C16H29NO4. The maximum Gasteiger partial charge on any atom is 0.413 e. The van der Waals surface area contributed by atoms with Crippen molar-refractivity contribution in [1.29, 1.82) is 0 Å². The molecule has 5 nitrogen and oxygen atoms in total. The van der Waals surface area contributed by atoms with Crippen molar-refractivity contribution in [2.24, 2.45) is 5.92 Å². The molecule has 0 aromatic heterocycles. The summed E-state index contributed by atoms with van der Waals surface area (Å²) < 4.78 is 11.1. The van der Waals surface area contributed by atoms with Crippen molar-refractivity contribution in [1.82, 2.24) is 4.90 Å². The van der Waals surface area contributed by atoms with Crippen LogP contribution < -0.4 is 0 Å². The van der Waals surface area contributed by atoms with Gasteiger partial charge >= 0.3 is 6.09 Å². The first kappa shape index (κ1) is 18.0. The molecule has 1 N–H and O–H groups in total. The highest BCUT2D eigenvalue weighted by Gasteiger charge is 2.47. The maximum absolute atomic E-state index is 12.4. The summed E-state index contributed by atoms with van der Waals surface area (Å²) in [5, 5.41) is 10.3. The first-order valence-corrected chi connectivity index (χ1v) is 7.47. The highest BCUT2D eigenvalue weighted by molar-refractivity contribution is 5.70. The zero-order valence-electron chi connectivity index (χ0n) is 14.2. The van der Waals surface area contributed by atoms with E-state index in [1.807, 2.05) is 40.7 Å².